The third-order valence-electron chi connectivity index (χ3n) is 3.55. The molecule has 7 heteroatoms. The number of ether oxygens (including phenoxy) is 6. The first-order valence-corrected chi connectivity index (χ1v) is 6.55. The van der Waals surface area contributed by atoms with Gasteiger partial charge < -0.3 is 28.4 Å². The van der Waals surface area contributed by atoms with Gasteiger partial charge in [-0.2, -0.15) is 0 Å². The summed E-state index contributed by atoms with van der Waals surface area (Å²) < 4.78 is 32.7. The molecule has 0 saturated carbocycles. The maximum atomic E-state index is 10.2. The molecule has 1 spiro atoms. The van der Waals surface area contributed by atoms with Crippen LogP contribution in [0.25, 0.3) is 0 Å². The van der Waals surface area contributed by atoms with Crippen LogP contribution in [0.3, 0.4) is 0 Å². The van der Waals surface area contributed by atoms with Crippen LogP contribution in [0.5, 0.6) is 0 Å². The highest BCUT2D eigenvalue weighted by Gasteiger charge is 2.48. The number of methoxy groups -OCH3 is 1. The van der Waals surface area contributed by atoms with E-state index in [1.54, 1.807) is 14.0 Å². The van der Waals surface area contributed by atoms with E-state index in [9.17, 15) is 4.79 Å². The van der Waals surface area contributed by atoms with Crippen molar-refractivity contribution in [3.63, 3.8) is 0 Å². The normalized spacial score (nSPS) is 41.5. The zero-order chi connectivity index (χ0) is 14.7. The molecule has 0 amide bonds. The Morgan fingerprint density at radius 1 is 0.950 bits per heavy atom. The van der Waals surface area contributed by atoms with Gasteiger partial charge in [-0.15, -0.1) is 0 Å². The van der Waals surface area contributed by atoms with Gasteiger partial charge in [-0.3, -0.25) is 4.79 Å². The van der Waals surface area contributed by atoms with Crippen molar-refractivity contribution in [2.24, 2.45) is 5.41 Å². The van der Waals surface area contributed by atoms with E-state index in [-0.39, 0.29) is 12.0 Å². The van der Waals surface area contributed by atoms with E-state index in [2.05, 4.69) is 0 Å². The summed E-state index contributed by atoms with van der Waals surface area (Å²) in [5.74, 6) is -1.62. The zero-order valence-electron chi connectivity index (χ0n) is 12.2. The van der Waals surface area contributed by atoms with Crippen molar-refractivity contribution in [3.8, 4) is 0 Å². The number of carbonyl (C=O) groups excluding carboxylic acids is 1. The average molecular weight is 290 g/mol. The first-order chi connectivity index (χ1) is 9.45. The van der Waals surface area contributed by atoms with E-state index in [1.807, 2.05) is 6.92 Å². The molecular weight excluding hydrogens is 268 g/mol. The molecule has 2 heterocycles. The highest BCUT2D eigenvalue weighted by molar-refractivity contribution is 5.37. The molecule has 0 atom stereocenters. The molecule has 0 aromatic carbocycles. The molecule has 116 valence electrons. The van der Waals surface area contributed by atoms with E-state index in [1.165, 1.54) is 0 Å². The number of hydrogen-bond acceptors (Lipinski definition) is 7. The van der Waals surface area contributed by atoms with Gasteiger partial charge in [0, 0.05) is 7.11 Å². The van der Waals surface area contributed by atoms with Crippen LogP contribution in [0.2, 0.25) is 0 Å². The van der Waals surface area contributed by atoms with Crippen LogP contribution in [-0.2, 0) is 33.2 Å². The second-order valence-corrected chi connectivity index (χ2v) is 5.76. The zero-order valence-corrected chi connectivity index (χ0v) is 12.2. The molecule has 2 aliphatic rings. The minimum atomic E-state index is -0.903. The lowest BCUT2D eigenvalue weighted by atomic mass is 9.89. The van der Waals surface area contributed by atoms with Crippen LogP contribution in [0.15, 0.2) is 0 Å². The van der Waals surface area contributed by atoms with Crippen LogP contribution in [-0.4, -0.2) is 64.8 Å². The lowest BCUT2D eigenvalue weighted by Crippen LogP contribution is -2.59. The second kappa shape index (κ2) is 5.95. The first kappa shape index (κ1) is 15.7. The van der Waals surface area contributed by atoms with E-state index in [0.29, 0.717) is 39.5 Å². The first-order valence-electron chi connectivity index (χ1n) is 6.55. The van der Waals surface area contributed by atoms with Crippen molar-refractivity contribution < 1.29 is 33.2 Å². The fourth-order valence-corrected chi connectivity index (χ4v) is 2.17. The summed E-state index contributed by atoms with van der Waals surface area (Å²) in [7, 11) is 1.60. The van der Waals surface area contributed by atoms with Gasteiger partial charge in [0.15, 0.2) is 11.6 Å². The van der Waals surface area contributed by atoms with Gasteiger partial charge >= 0.3 is 0 Å². The lowest BCUT2D eigenvalue weighted by molar-refractivity contribution is -0.368. The topological polar surface area (TPSA) is 72.5 Å². The van der Waals surface area contributed by atoms with Gasteiger partial charge in [-0.25, -0.2) is 0 Å². The molecule has 0 radical (unpaired) electrons. The maximum absolute atomic E-state index is 10.2. The maximum Gasteiger partial charge on any atom is 0.293 e. The molecule has 0 unspecified atom stereocenters. The summed E-state index contributed by atoms with van der Waals surface area (Å²) in [6.45, 7) is 6.19. The molecule has 0 aromatic heterocycles. The third kappa shape index (κ3) is 3.48. The molecule has 2 fully saturated rings. The van der Waals surface area contributed by atoms with Crippen LogP contribution >= 0.6 is 0 Å². The average Bonchev–Trinajstić information content (AvgIpc) is 2.44. The second-order valence-electron chi connectivity index (χ2n) is 5.76. The van der Waals surface area contributed by atoms with E-state index >= 15 is 0 Å². The van der Waals surface area contributed by atoms with Gasteiger partial charge in [-0.1, -0.05) is 0 Å². The van der Waals surface area contributed by atoms with Crippen molar-refractivity contribution in [1.29, 1.82) is 0 Å². The van der Waals surface area contributed by atoms with Crippen LogP contribution in [0.1, 0.15) is 13.8 Å². The third-order valence-corrected chi connectivity index (χ3v) is 3.55. The molecule has 0 N–H and O–H groups in total. The van der Waals surface area contributed by atoms with Gasteiger partial charge in [0.05, 0.1) is 38.4 Å². The summed E-state index contributed by atoms with van der Waals surface area (Å²) in [6.07, 6.45) is 0. The highest BCUT2D eigenvalue weighted by Crippen LogP contribution is 2.36. The SMILES string of the molecule is COCC1(C)OCC2(CO1)COC(C)(COC=O)OC2. The van der Waals surface area contributed by atoms with Crippen molar-refractivity contribution in [3.05, 3.63) is 0 Å². The molecule has 7 nitrogen and oxygen atoms in total. The predicted molar refractivity (Wildman–Crippen MR) is 66.9 cm³/mol. The Balaban J connectivity index is 1.86. The number of carbonyl (C=O) groups is 1. The van der Waals surface area contributed by atoms with Gasteiger partial charge in [0.2, 0.25) is 0 Å². The molecule has 0 aromatic rings. The Bertz CT molecular complexity index is 326. The molecule has 0 aliphatic carbocycles. The van der Waals surface area contributed by atoms with Crippen molar-refractivity contribution in [1.82, 2.24) is 0 Å². The van der Waals surface area contributed by atoms with Crippen molar-refractivity contribution >= 4 is 6.47 Å². The summed E-state index contributed by atoms with van der Waals surface area (Å²) in [6, 6.07) is 0. The number of hydrogen-bond donors (Lipinski definition) is 0. The number of rotatable bonds is 5. The monoisotopic (exact) mass is 290 g/mol. The standard InChI is InChI=1S/C13H22O7/c1-11(4-15-3)17-6-13(7-18-11)8-19-12(2,20-9-13)5-16-10-14/h10H,4-9H2,1-3H3. The summed E-state index contributed by atoms with van der Waals surface area (Å²) in [4.78, 5) is 10.2. The Kier molecular flexibility index (Phi) is 4.66. The molecule has 2 rings (SSSR count). The minimum Gasteiger partial charge on any atom is -0.462 e. The van der Waals surface area contributed by atoms with Crippen molar-refractivity contribution in [2.75, 3.05) is 46.8 Å². The largest absolute Gasteiger partial charge is 0.462 e. The van der Waals surface area contributed by atoms with Crippen LogP contribution in [0, 0.1) is 5.41 Å². The summed E-state index contributed by atoms with van der Waals surface area (Å²) in [5, 5.41) is 0. The minimum absolute atomic E-state index is 0.0652. The molecular formula is C13H22O7. The van der Waals surface area contributed by atoms with Crippen molar-refractivity contribution in [2.45, 2.75) is 25.4 Å². The van der Waals surface area contributed by atoms with E-state index < -0.39 is 11.6 Å². The van der Waals surface area contributed by atoms with Crippen LogP contribution < -0.4 is 0 Å². The molecule has 0 bridgehead atoms. The fourth-order valence-electron chi connectivity index (χ4n) is 2.17. The molecule has 2 saturated heterocycles. The summed E-state index contributed by atoms with van der Waals surface area (Å²) in [5.41, 5.74) is -0.325. The Morgan fingerprint density at radius 3 is 1.80 bits per heavy atom. The Labute approximate surface area is 118 Å². The highest BCUT2D eigenvalue weighted by atomic mass is 16.7. The van der Waals surface area contributed by atoms with Gasteiger partial charge in [0.1, 0.15) is 6.61 Å². The predicted octanol–water partition coefficient (Wildman–Crippen LogP) is 0.318. The molecule has 2 aliphatic heterocycles. The van der Waals surface area contributed by atoms with Gasteiger partial charge in [-0.05, 0) is 13.8 Å². The Morgan fingerprint density at radius 2 is 1.40 bits per heavy atom. The lowest BCUT2D eigenvalue weighted by Gasteiger charge is -2.49. The van der Waals surface area contributed by atoms with Crippen LogP contribution in [0.4, 0.5) is 0 Å². The summed E-state index contributed by atoms with van der Waals surface area (Å²) >= 11 is 0. The van der Waals surface area contributed by atoms with E-state index in [4.69, 9.17) is 28.4 Å². The fraction of sp³-hybridized carbons (Fsp3) is 0.923. The van der Waals surface area contributed by atoms with Gasteiger partial charge in [0.25, 0.3) is 6.47 Å². The quantitative estimate of drug-likeness (QED) is 0.675. The molecule has 20 heavy (non-hydrogen) atoms. The Hall–Kier alpha value is -0.730. The smallest absolute Gasteiger partial charge is 0.293 e. The van der Waals surface area contributed by atoms with E-state index in [0.717, 1.165) is 0 Å².